The lowest BCUT2D eigenvalue weighted by molar-refractivity contribution is -0.137. The maximum atomic E-state index is 13.1. The van der Waals surface area contributed by atoms with E-state index in [1.165, 1.54) is 10.6 Å². The number of benzene rings is 2. The van der Waals surface area contributed by atoms with Gasteiger partial charge in [-0.25, -0.2) is 13.4 Å². The maximum Gasteiger partial charge on any atom is 0.417 e. The van der Waals surface area contributed by atoms with Crippen LogP contribution in [0, 0.1) is 0 Å². The van der Waals surface area contributed by atoms with Crippen molar-refractivity contribution in [3.63, 3.8) is 0 Å². The molecule has 0 radical (unpaired) electrons. The van der Waals surface area contributed by atoms with Crippen molar-refractivity contribution in [3.8, 4) is 11.3 Å². The number of sulfone groups is 1. The zero-order chi connectivity index (χ0) is 21.7. The van der Waals surface area contributed by atoms with E-state index in [1.54, 1.807) is 30.3 Å². The highest BCUT2D eigenvalue weighted by Crippen LogP contribution is 2.37. The number of hydrogen-bond acceptors (Lipinski definition) is 4. The molecule has 1 amide bonds. The minimum atomic E-state index is -4.70. The van der Waals surface area contributed by atoms with Gasteiger partial charge in [-0.15, -0.1) is 0 Å². The second-order valence-electron chi connectivity index (χ2n) is 6.57. The van der Waals surface area contributed by atoms with Gasteiger partial charge in [0.2, 0.25) is 15.0 Å². The third-order valence-electron chi connectivity index (χ3n) is 4.59. The number of nitrogens with zero attached hydrogens (tertiary/aromatic N) is 2. The van der Waals surface area contributed by atoms with Gasteiger partial charge in [-0.1, -0.05) is 41.9 Å². The summed E-state index contributed by atoms with van der Waals surface area (Å²) >= 11 is 5.62. The lowest BCUT2D eigenvalue weighted by Gasteiger charge is -2.13. The van der Waals surface area contributed by atoms with Gasteiger partial charge >= 0.3 is 6.18 Å². The summed E-state index contributed by atoms with van der Waals surface area (Å²) in [5.41, 5.74) is -0.623. The summed E-state index contributed by atoms with van der Waals surface area (Å²) in [4.78, 5) is 17.2. The SMILES string of the molecule is O=C(Nc1ccc(Cl)c(C(F)(F)F)c1)c1c(-c2ccccc2)nc2n1CCS2(=O)=O. The third-order valence-corrected chi connectivity index (χ3v) is 6.50. The molecule has 0 saturated carbocycles. The van der Waals surface area contributed by atoms with Crippen LogP contribution in [0.4, 0.5) is 18.9 Å². The number of rotatable bonds is 3. The summed E-state index contributed by atoms with van der Waals surface area (Å²) in [6.45, 7) is 0.0225. The van der Waals surface area contributed by atoms with Crippen molar-refractivity contribution in [2.45, 2.75) is 17.9 Å². The molecule has 1 N–H and O–H groups in total. The second-order valence-corrected chi connectivity index (χ2v) is 8.98. The molecule has 0 aliphatic carbocycles. The van der Waals surface area contributed by atoms with Crippen LogP contribution in [0.15, 0.2) is 53.7 Å². The summed E-state index contributed by atoms with van der Waals surface area (Å²) in [6, 6.07) is 11.4. The van der Waals surface area contributed by atoms with Crippen molar-refractivity contribution >= 4 is 33.0 Å². The number of imidazole rings is 1. The molecule has 30 heavy (non-hydrogen) atoms. The number of halogens is 4. The fourth-order valence-corrected chi connectivity index (χ4v) is 4.80. The number of anilines is 1. The second kappa shape index (κ2) is 7.13. The van der Waals surface area contributed by atoms with E-state index in [9.17, 15) is 26.4 Å². The van der Waals surface area contributed by atoms with Crippen molar-refractivity contribution in [1.29, 1.82) is 0 Å². The summed E-state index contributed by atoms with van der Waals surface area (Å²) in [5, 5.41) is 1.66. The molecule has 6 nitrogen and oxygen atoms in total. The molecule has 4 rings (SSSR count). The standard InChI is InChI=1S/C19H13ClF3N3O3S/c20-14-7-6-12(10-13(14)19(21,22)23)24-17(27)16-15(11-4-2-1-3-5-11)25-18-26(16)8-9-30(18,28)29/h1-7,10H,8-9H2,(H,24,27). The Morgan fingerprint density at radius 2 is 1.83 bits per heavy atom. The van der Waals surface area contributed by atoms with Crippen LogP contribution < -0.4 is 5.32 Å². The molecule has 1 aromatic heterocycles. The fourth-order valence-electron chi connectivity index (χ4n) is 3.22. The van der Waals surface area contributed by atoms with Crippen molar-refractivity contribution in [2.75, 3.05) is 11.1 Å². The first kappa shape index (κ1) is 20.4. The Morgan fingerprint density at radius 1 is 1.13 bits per heavy atom. The van der Waals surface area contributed by atoms with Gasteiger partial charge in [0.25, 0.3) is 5.91 Å². The van der Waals surface area contributed by atoms with Gasteiger partial charge in [-0.3, -0.25) is 4.79 Å². The topological polar surface area (TPSA) is 81.1 Å². The molecule has 156 valence electrons. The molecule has 0 spiro atoms. The van der Waals surface area contributed by atoms with Crippen molar-refractivity contribution in [2.24, 2.45) is 0 Å². The van der Waals surface area contributed by atoms with Crippen LogP contribution in [0.1, 0.15) is 16.1 Å². The number of aromatic nitrogens is 2. The Hall–Kier alpha value is -2.85. The summed E-state index contributed by atoms with van der Waals surface area (Å²) in [5.74, 6) is -0.982. The van der Waals surface area contributed by atoms with E-state index in [-0.39, 0.29) is 34.5 Å². The molecule has 11 heteroatoms. The molecule has 0 bridgehead atoms. The first-order valence-corrected chi connectivity index (χ1v) is 10.7. The monoisotopic (exact) mass is 455 g/mol. The van der Waals surface area contributed by atoms with Crippen LogP contribution in [0.3, 0.4) is 0 Å². The lowest BCUT2D eigenvalue weighted by Crippen LogP contribution is -2.18. The Morgan fingerprint density at radius 3 is 2.50 bits per heavy atom. The quantitative estimate of drug-likeness (QED) is 0.639. The highest BCUT2D eigenvalue weighted by Gasteiger charge is 2.36. The van der Waals surface area contributed by atoms with Gasteiger partial charge in [0.05, 0.1) is 16.3 Å². The number of amides is 1. The summed E-state index contributed by atoms with van der Waals surface area (Å²) in [7, 11) is -3.65. The van der Waals surface area contributed by atoms with Crippen LogP contribution in [-0.4, -0.2) is 29.6 Å². The van der Waals surface area contributed by atoms with E-state index < -0.39 is 32.5 Å². The summed E-state index contributed by atoms with van der Waals surface area (Å²) < 4.78 is 65.1. The fraction of sp³-hybridized carbons (Fsp3) is 0.158. The zero-order valence-electron chi connectivity index (χ0n) is 15.1. The van der Waals surface area contributed by atoms with Crippen molar-refractivity contribution < 1.29 is 26.4 Å². The highest BCUT2D eigenvalue weighted by atomic mass is 35.5. The molecular weight excluding hydrogens is 443 g/mol. The van der Waals surface area contributed by atoms with Gasteiger partial charge in [0.15, 0.2) is 0 Å². The van der Waals surface area contributed by atoms with E-state index in [1.807, 2.05) is 0 Å². The first-order chi connectivity index (χ1) is 14.1. The van der Waals surface area contributed by atoms with Crippen LogP contribution in [0.2, 0.25) is 5.02 Å². The average molecular weight is 456 g/mol. The molecule has 0 saturated heterocycles. The molecule has 2 heterocycles. The molecular formula is C19H13ClF3N3O3S. The molecule has 1 aliphatic rings. The number of carbonyl (C=O) groups is 1. The van der Waals surface area contributed by atoms with Gasteiger partial charge < -0.3 is 9.88 Å². The van der Waals surface area contributed by atoms with E-state index in [2.05, 4.69) is 10.3 Å². The van der Waals surface area contributed by atoms with Gasteiger partial charge in [0, 0.05) is 17.8 Å². The number of nitrogens with one attached hydrogen (secondary N) is 1. The number of fused-ring (bicyclic) bond motifs is 1. The van der Waals surface area contributed by atoms with Gasteiger partial charge in [-0.2, -0.15) is 13.2 Å². The number of carbonyl (C=O) groups excluding carboxylic acids is 1. The number of alkyl halides is 3. The van der Waals surface area contributed by atoms with Gasteiger partial charge in [0.1, 0.15) is 11.4 Å². The molecule has 0 atom stereocenters. The van der Waals surface area contributed by atoms with Crippen LogP contribution in [0.5, 0.6) is 0 Å². The van der Waals surface area contributed by atoms with Crippen LogP contribution in [-0.2, 0) is 22.6 Å². The first-order valence-electron chi connectivity index (χ1n) is 8.65. The van der Waals surface area contributed by atoms with E-state index in [4.69, 9.17) is 11.6 Å². The zero-order valence-corrected chi connectivity index (χ0v) is 16.6. The lowest BCUT2D eigenvalue weighted by atomic mass is 10.1. The van der Waals surface area contributed by atoms with Gasteiger partial charge in [-0.05, 0) is 18.2 Å². The highest BCUT2D eigenvalue weighted by molar-refractivity contribution is 7.91. The number of hydrogen-bond donors (Lipinski definition) is 1. The van der Waals surface area contributed by atoms with E-state index >= 15 is 0 Å². The predicted molar refractivity (Wildman–Crippen MR) is 104 cm³/mol. The van der Waals surface area contributed by atoms with Crippen LogP contribution in [0.25, 0.3) is 11.3 Å². The summed E-state index contributed by atoms with van der Waals surface area (Å²) in [6.07, 6.45) is -4.70. The Bertz CT molecular complexity index is 1260. The van der Waals surface area contributed by atoms with Crippen molar-refractivity contribution in [3.05, 3.63) is 64.8 Å². The molecule has 3 aromatic rings. The normalized spacial score (nSPS) is 15.1. The minimum absolute atomic E-state index is 0.0225. The molecule has 2 aromatic carbocycles. The molecule has 0 unspecified atom stereocenters. The molecule has 1 aliphatic heterocycles. The smallest absolute Gasteiger partial charge is 0.321 e. The average Bonchev–Trinajstić information content (AvgIpc) is 3.21. The molecule has 0 fully saturated rings. The largest absolute Gasteiger partial charge is 0.417 e. The van der Waals surface area contributed by atoms with E-state index in [0.29, 0.717) is 5.56 Å². The third kappa shape index (κ3) is 3.56. The Labute approximate surface area is 174 Å². The Balaban J connectivity index is 1.79. The van der Waals surface area contributed by atoms with E-state index in [0.717, 1.165) is 12.1 Å². The predicted octanol–water partition coefficient (Wildman–Crippen LogP) is 4.26. The minimum Gasteiger partial charge on any atom is -0.321 e. The maximum absolute atomic E-state index is 13.1. The Kier molecular flexibility index (Phi) is 4.86. The van der Waals surface area contributed by atoms with Crippen molar-refractivity contribution in [1.82, 2.24) is 9.55 Å². The van der Waals surface area contributed by atoms with Crippen LogP contribution >= 0.6 is 11.6 Å².